The number of methoxy groups -OCH3 is 1. The summed E-state index contributed by atoms with van der Waals surface area (Å²) in [6.45, 7) is 1.29. The van der Waals surface area contributed by atoms with E-state index in [0.717, 1.165) is 25.1 Å². The molecular weight excluding hydrogens is 282 g/mol. The quantitative estimate of drug-likeness (QED) is 0.914. The summed E-state index contributed by atoms with van der Waals surface area (Å²) in [5.74, 6) is 0.223. The number of benzene rings is 1. The first kappa shape index (κ1) is 14.6. The van der Waals surface area contributed by atoms with E-state index in [1.807, 2.05) is 30.3 Å². The van der Waals surface area contributed by atoms with Gasteiger partial charge in [0.05, 0.1) is 18.9 Å². The fourth-order valence-corrected chi connectivity index (χ4v) is 2.49. The molecule has 1 aromatic carbocycles. The minimum atomic E-state index is -0.185. The number of hydrogen-bond donors (Lipinski definition) is 1. The minimum Gasteiger partial charge on any atom is -0.480 e. The Bertz CT molecular complexity index is 633. The van der Waals surface area contributed by atoms with Crippen molar-refractivity contribution in [1.82, 2.24) is 15.1 Å². The Morgan fingerprint density at radius 3 is 2.95 bits per heavy atom. The highest BCUT2D eigenvalue weighted by Gasteiger charge is 2.20. The Kier molecular flexibility index (Phi) is 4.39. The minimum absolute atomic E-state index is 0.110. The molecule has 1 saturated heterocycles. The lowest BCUT2D eigenvalue weighted by Gasteiger charge is -2.11. The van der Waals surface area contributed by atoms with Crippen LogP contribution in [0.4, 0.5) is 0 Å². The van der Waals surface area contributed by atoms with Crippen LogP contribution in [0.15, 0.2) is 36.4 Å². The van der Waals surface area contributed by atoms with E-state index in [2.05, 4.69) is 10.4 Å². The lowest BCUT2D eigenvalue weighted by atomic mass is 10.2. The molecule has 6 heteroatoms. The lowest BCUT2D eigenvalue weighted by Crippen LogP contribution is -2.33. The third kappa shape index (κ3) is 3.12. The Morgan fingerprint density at radius 1 is 1.45 bits per heavy atom. The zero-order chi connectivity index (χ0) is 15.4. The van der Waals surface area contributed by atoms with E-state index in [9.17, 15) is 4.79 Å². The predicted molar refractivity (Wildman–Crippen MR) is 81.4 cm³/mol. The van der Waals surface area contributed by atoms with Gasteiger partial charge in [-0.05, 0) is 25.0 Å². The zero-order valence-corrected chi connectivity index (χ0v) is 12.5. The number of rotatable bonds is 5. The van der Waals surface area contributed by atoms with E-state index < -0.39 is 0 Å². The predicted octanol–water partition coefficient (Wildman–Crippen LogP) is 1.79. The van der Waals surface area contributed by atoms with Gasteiger partial charge in [0.15, 0.2) is 0 Å². The molecule has 2 heterocycles. The van der Waals surface area contributed by atoms with Gasteiger partial charge in [-0.2, -0.15) is 0 Å². The Hall–Kier alpha value is -2.34. The number of ether oxygens (including phenoxy) is 2. The molecule has 3 rings (SSSR count). The van der Waals surface area contributed by atoms with Crippen LogP contribution in [0, 0.1) is 0 Å². The number of amides is 1. The van der Waals surface area contributed by atoms with Crippen LogP contribution in [-0.4, -0.2) is 42.1 Å². The maximum atomic E-state index is 12.4. The van der Waals surface area contributed by atoms with Gasteiger partial charge in [-0.3, -0.25) is 4.79 Å². The molecule has 6 nitrogen and oxygen atoms in total. The normalized spacial score (nSPS) is 17.4. The highest BCUT2D eigenvalue weighted by atomic mass is 16.5. The van der Waals surface area contributed by atoms with Gasteiger partial charge in [0.2, 0.25) is 5.88 Å². The fraction of sp³-hybridized carbons (Fsp3) is 0.375. The molecular formula is C16H19N3O3. The van der Waals surface area contributed by atoms with Crippen LogP contribution in [0.25, 0.3) is 5.69 Å². The van der Waals surface area contributed by atoms with Crippen molar-refractivity contribution in [3.05, 3.63) is 42.1 Å². The average molecular weight is 301 g/mol. The van der Waals surface area contributed by atoms with Crippen molar-refractivity contribution in [1.29, 1.82) is 0 Å². The second-order valence-electron chi connectivity index (χ2n) is 5.16. The number of hydrogen-bond acceptors (Lipinski definition) is 4. The van der Waals surface area contributed by atoms with Crippen LogP contribution >= 0.6 is 0 Å². The standard InChI is InChI=1S/C16H19N3O3/c1-21-15-10-14(16(20)17-11-13-8-5-9-22-13)19(18-15)12-6-3-2-4-7-12/h2-4,6-7,10,13H,5,8-9,11H2,1H3,(H,17,20)/t13-/m1/s1. The van der Waals surface area contributed by atoms with Gasteiger partial charge in [0.1, 0.15) is 5.69 Å². The number of nitrogens with one attached hydrogen (secondary N) is 1. The van der Waals surface area contributed by atoms with Gasteiger partial charge < -0.3 is 14.8 Å². The second-order valence-corrected chi connectivity index (χ2v) is 5.16. The molecule has 22 heavy (non-hydrogen) atoms. The maximum absolute atomic E-state index is 12.4. The zero-order valence-electron chi connectivity index (χ0n) is 12.5. The molecule has 0 bridgehead atoms. The third-order valence-corrected chi connectivity index (χ3v) is 3.64. The Morgan fingerprint density at radius 2 is 2.27 bits per heavy atom. The van der Waals surface area contributed by atoms with E-state index in [0.29, 0.717) is 18.1 Å². The number of aromatic nitrogens is 2. The van der Waals surface area contributed by atoms with Gasteiger partial charge in [-0.25, -0.2) is 4.68 Å². The third-order valence-electron chi connectivity index (χ3n) is 3.64. The summed E-state index contributed by atoms with van der Waals surface area (Å²) >= 11 is 0. The lowest BCUT2D eigenvalue weighted by molar-refractivity contribution is 0.0851. The van der Waals surface area contributed by atoms with Crippen molar-refractivity contribution in [2.75, 3.05) is 20.3 Å². The van der Waals surface area contributed by atoms with Gasteiger partial charge >= 0.3 is 0 Å². The van der Waals surface area contributed by atoms with Crippen molar-refractivity contribution in [2.24, 2.45) is 0 Å². The summed E-state index contributed by atoms with van der Waals surface area (Å²) in [5, 5.41) is 7.21. The molecule has 2 aromatic rings. The molecule has 1 aromatic heterocycles. The molecule has 1 aliphatic rings. The van der Waals surface area contributed by atoms with Crippen LogP contribution in [0.5, 0.6) is 5.88 Å². The van der Waals surface area contributed by atoms with E-state index in [4.69, 9.17) is 9.47 Å². The summed E-state index contributed by atoms with van der Waals surface area (Å²) in [5.41, 5.74) is 1.26. The van der Waals surface area contributed by atoms with Crippen molar-refractivity contribution in [3.63, 3.8) is 0 Å². The maximum Gasteiger partial charge on any atom is 0.270 e. The molecule has 116 valence electrons. The molecule has 0 saturated carbocycles. The van der Waals surface area contributed by atoms with Crippen molar-refractivity contribution < 1.29 is 14.3 Å². The number of carbonyl (C=O) groups excluding carboxylic acids is 1. The molecule has 0 aliphatic carbocycles. The van der Waals surface area contributed by atoms with Gasteiger partial charge in [0, 0.05) is 19.2 Å². The topological polar surface area (TPSA) is 65.4 Å². The monoisotopic (exact) mass is 301 g/mol. The molecule has 1 N–H and O–H groups in total. The largest absolute Gasteiger partial charge is 0.480 e. The SMILES string of the molecule is COc1cc(C(=O)NC[C@H]2CCCO2)n(-c2ccccc2)n1. The second kappa shape index (κ2) is 6.62. The number of carbonyl (C=O) groups is 1. The smallest absolute Gasteiger partial charge is 0.270 e. The van der Waals surface area contributed by atoms with Crippen molar-refractivity contribution in [3.8, 4) is 11.6 Å². The van der Waals surface area contributed by atoms with Crippen LogP contribution in [0.1, 0.15) is 23.3 Å². The fourth-order valence-electron chi connectivity index (χ4n) is 2.49. The Labute approximate surface area is 129 Å². The van der Waals surface area contributed by atoms with E-state index >= 15 is 0 Å². The first-order valence-corrected chi connectivity index (χ1v) is 7.37. The van der Waals surface area contributed by atoms with Gasteiger partial charge in [-0.1, -0.05) is 18.2 Å². The summed E-state index contributed by atoms with van der Waals surface area (Å²) in [6.07, 6.45) is 2.15. The molecule has 0 radical (unpaired) electrons. The summed E-state index contributed by atoms with van der Waals surface area (Å²) in [6, 6.07) is 11.1. The average Bonchev–Trinajstić information content (AvgIpc) is 3.22. The summed E-state index contributed by atoms with van der Waals surface area (Å²) < 4.78 is 12.3. The summed E-state index contributed by atoms with van der Waals surface area (Å²) in [7, 11) is 1.53. The van der Waals surface area contributed by atoms with Crippen LogP contribution in [-0.2, 0) is 4.74 Å². The van der Waals surface area contributed by atoms with Gasteiger partial charge in [0.25, 0.3) is 5.91 Å². The van der Waals surface area contributed by atoms with Crippen molar-refractivity contribution in [2.45, 2.75) is 18.9 Å². The molecule has 1 atom stereocenters. The van der Waals surface area contributed by atoms with Gasteiger partial charge in [-0.15, -0.1) is 5.10 Å². The number of nitrogens with zero attached hydrogens (tertiary/aromatic N) is 2. The van der Waals surface area contributed by atoms with Crippen LogP contribution < -0.4 is 10.1 Å². The first-order chi connectivity index (χ1) is 10.8. The molecule has 0 unspecified atom stereocenters. The Balaban J connectivity index is 1.79. The molecule has 1 aliphatic heterocycles. The summed E-state index contributed by atoms with van der Waals surface area (Å²) in [4.78, 5) is 12.4. The van der Waals surface area contributed by atoms with Crippen LogP contribution in [0.2, 0.25) is 0 Å². The number of para-hydroxylation sites is 1. The molecule has 1 fully saturated rings. The first-order valence-electron chi connectivity index (χ1n) is 7.37. The highest BCUT2D eigenvalue weighted by Crippen LogP contribution is 2.17. The van der Waals surface area contributed by atoms with E-state index in [-0.39, 0.29) is 12.0 Å². The van der Waals surface area contributed by atoms with E-state index in [1.165, 1.54) is 7.11 Å². The highest BCUT2D eigenvalue weighted by molar-refractivity contribution is 5.93. The van der Waals surface area contributed by atoms with E-state index in [1.54, 1.807) is 10.7 Å². The molecule has 0 spiro atoms. The van der Waals surface area contributed by atoms with Crippen molar-refractivity contribution >= 4 is 5.91 Å². The van der Waals surface area contributed by atoms with Crippen LogP contribution in [0.3, 0.4) is 0 Å². The molecule has 1 amide bonds.